The summed E-state index contributed by atoms with van der Waals surface area (Å²) in [7, 11) is 1.64. The van der Waals surface area contributed by atoms with Gasteiger partial charge in [-0.05, 0) is 36.2 Å². The Kier molecular flexibility index (Phi) is 8.53. The van der Waals surface area contributed by atoms with Crippen LogP contribution in [0.15, 0.2) is 48.7 Å². The highest BCUT2D eigenvalue weighted by Gasteiger charge is 2.15. The number of fused-ring (bicyclic) bond motifs is 1. The number of nitrogen functional groups attached to an aromatic ring is 1. The fraction of sp³-hybridized carbons (Fsp3) is 0.346. The topological polar surface area (TPSA) is 132 Å². The normalized spacial score (nSPS) is 11.1. The third-order valence-corrected chi connectivity index (χ3v) is 5.68. The minimum atomic E-state index is 0.120. The first-order valence-corrected chi connectivity index (χ1v) is 12.1. The Bertz CT molecular complexity index is 1270. The van der Waals surface area contributed by atoms with Crippen LogP contribution in [-0.2, 0) is 13.1 Å². The summed E-state index contributed by atoms with van der Waals surface area (Å²) in [6.07, 6.45) is 3.80. The molecule has 2 heterocycles. The van der Waals surface area contributed by atoms with Crippen molar-refractivity contribution < 1.29 is 14.6 Å². The van der Waals surface area contributed by atoms with Crippen molar-refractivity contribution in [3.8, 4) is 17.2 Å². The second kappa shape index (κ2) is 12.2. The van der Waals surface area contributed by atoms with Crippen LogP contribution in [0.3, 0.4) is 0 Å². The average molecular weight is 492 g/mol. The summed E-state index contributed by atoms with van der Waals surface area (Å²) < 4.78 is 13.6. The van der Waals surface area contributed by atoms with Crippen molar-refractivity contribution in [2.24, 2.45) is 0 Å². The summed E-state index contributed by atoms with van der Waals surface area (Å²) in [6, 6.07) is 13.6. The van der Waals surface area contributed by atoms with E-state index in [0.717, 1.165) is 41.8 Å². The lowest BCUT2D eigenvalue weighted by atomic mass is 10.2. The SMILES string of the molecule is CCCCNc1nc(N)nc2cnn(Cc3ccc(Oc4ccc(CNCCO)cc4)cc3OC)c12. The number of anilines is 2. The molecule has 0 aliphatic rings. The standard InChI is InChI=1S/C26H33N7O3/c1-3-4-11-29-25-24-22(31-26(27)32-25)16-30-33(24)17-19-7-10-21(14-23(19)35-2)36-20-8-5-18(6-9-20)15-28-12-13-34/h5-10,14,16,28,34H,3-4,11-13,15,17H2,1-2H3,(H3,27,29,31,32). The van der Waals surface area contributed by atoms with Crippen molar-refractivity contribution in [2.45, 2.75) is 32.9 Å². The average Bonchev–Trinajstić information content (AvgIpc) is 3.28. The molecule has 190 valence electrons. The predicted molar refractivity (Wildman–Crippen MR) is 141 cm³/mol. The van der Waals surface area contributed by atoms with E-state index >= 15 is 0 Å². The van der Waals surface area contributed by atoms with Crippen LogP contribution in [0.25, 0.3) is 11.0 Å². The van der Waals surface area contributed by atoms with Gasteiger partial charge in [-0.3, -0.25) is 4.68 Å². The lowest BCUT2D eigenvalue weighted by Crippen LogP contribution is -2.17. The number of unbranched alkanes of at least 4 members (excludes halogenated alkanes) is 1. The number of nitrogens with one attached hydrogen (secondary N) is 2. The summed E-state index contributed by atoms with van der Waals surface area (Å²) in [5, 5.41) is 19.9. The zero-order chi connectivity index (χ0) is 25.3. The van der Waals surface area contributed by atoms with Gasteiger partial charge >= 0.3 is 0 Å². The zero-order valence-corrected chi connectivity index (χ0v) is 20.7. The van der Waals surface area contributed by atoms with Crippen molar-refractivity contribution in [3.63, 3.8) is 0 Å². The highest BCUT2D eigenvalue weighted by Crippen LogP contribution is 2.30. The Morgan fingerprint density at radius 1 is 1.06 bits per heavy atom. The molecule has 0 saturated heterocycles. The van der Waals surface area contributed by atoms with Gasteiger partial charge in [0.05, 0.1) is 26.5 Å². The van der Waals surface area contributed by atoms with E-state index in [-0.39, 0.29) is 12.6 Å². The minimum absolute atomic E-state index is 0.120. The summed E-state index contributed by atoms with van der Waals surface area (Å²) in [5.41, 5.74) is 9.46. The van der Waals surface area contributed by atoms with E-state index in [9.17, 15) is 0 Å². The molecule has 2 aromatic carbocycles. The van der Waals surface area contributed by atoms with Gasteiger partial charge in [0.25, 0.3) is 0 Å². The van der Waals surface area contributed by atoms with Crippen LogP contribution < -0.4 is 25.8 Å². The van der Waals surface area contributed by atoms with E-state index in [1.54, 1.807) is 13.3 Å². The second-order valence-corrected chi connectivity index (χ2v) is 8.37. The van der Waals surface area contributed by atoms with E-state index in [4.69, 9.17) is 20.3 Å². The van der Waals surface area contributed by atoms with Crippen molar-refractivity contribution in [3.05, 3.63) is 59.8 Å². The number of methoxy groups -OCH3 is 1. The second-order valence-electron chi connectivity index (χ2n) is 8.37. The molecule has 0 aliphatic carbocycles. The Hall–Kier alpha value is -3.89. The molecule has 0 bridgehead atoms. The molecule has 0 spiro atoms. The quantitative estimate of drug-likeness (QED) is 0.207. The molecule has 0 atom stereocenters. The van der Waals surface area contributed by atoms with Gasteiger partial charge in [0.2, 0.25) is 5.95 Å². The number of aliphatic hydroxyl groups is 1. The number of benzene rings is 2. The summed E-state index contributed by atoms with van der Waals surface area (Å²) >= 11 is 0. The highest BCUT2D eigenvalue weighted by atomic mass is 16.5. The smallest absolute Gasteiger partial charge is 0.222 e. The molecule has 0 unspecified atom stereocenters. The highest BCUT2D eigenvalue weighted by molar-refractivity contribution is 5.86. The molecule has 0 radical (unpaired) electrons. The Morgan fingerprint density at radius 3 is 2.61 bits per heavy atom. The van der Waals surface area contributed by atoms with Crippen LogP contribution in [0.4, 0.5) is 11.8 Å². The molecule has 5 N–H and O–H groups in total. The van der Waals surface area contributed by atoms with Gasteiger partial charge in [-0.1, -0.05) is 25.5 Å². The van der Waals surface area contributed by atoms with Crippen LogP contribution in [0.2, 0.25) is 0 Å². The molecule has 4 rings (SSSR count). The number of aliphatic hydroxyl groups excluding tert-OH is 1. The first-order chi connectivity index (χ1) is 17.6. The van der Waals surface area contributed by atoms with E-state index in [1.807, 2.05) is 47.1 Å². The maximum absolute atomic E-state index is 8.88. The van der Waals surface area contributed by atoms with E-state index in [2.05, 4.69) is 32.6 Å². The fourth-order valence-corrected chi connectivity index (χ4v) is 3.85. The van der Waals surface area contributed by atoms with E-state index in [0.29, 0.717) is 42.5 Å². The molecule has 2 aromatic heterocycles. The molecule has 0 amide bonds. The predicted octanol–water partition coefficient (Wildman–Crippen LogP) is 3.55. The fourth-order valence-electron chi connectivity index (χ4n) is 3.85. The van der Waals surface area contributed by atoms with Crippen molar-refractivity contribution in [1.82, 2.24) is 25.1 Å². The molecular formula is C26H33N7O3. The van der Waals surface area contributed by atoms with Gasteiger partial charge < -0.3 is 30.9 Å². The first kappa shape index (κ1) is 25.2. The van der Waals surface area contributed by atoms with Crippen LogP contribution in [0.5, 0.6) is 17.2 Å². The zero-order valence-electron chi connectivity index (χ0n) is 20.7. The van der Waals surface area contributed by atoms with Gasteiger partial charge in [0.15, 0.2) is 5.82 Å². The lowest BCUT2D eigenvalue weighted by Gasteiger charge is -2.14. The van der Waals surface area contributed by atoms with Gasteiger partial charge in [-0.2, -0.15) is 10.1 Å². The van der Waals surface area contributed by atoms with Crippen molar-refractivity contribution in [1.29, 1.82) is 0 Å². The minimum Gasteiger partial charge on any atom is -0.496 e. The maximum Gasteiger partial charge on any atom is 0.222 e. The number of rotatable bonds is 13. The van der Waals surface area contributed by atoms with E-state index < -0.39 is 0 Å². The number of nitrogens with two attached hydrogens (primary N) is 1. The molecule has 10 nitrogen and oxygen atoms in total. The van der Waals surface area contributed by atoms with Crippen LogP contribution in [-0.4, -0.2) is 51.7 Å². The Balaban J connectivity index is 1.51. The first-order valence-electron chi connectivity index (χ1n) is 12.1. The van der Waals surface area contributed by atoms with Crippen LogP contribution >= 0.6 is 0 Å². The summed E-state index contributed by atoms with van der Waals surface area (Å²) in [6.45, 7) is 4.79. The van der Waals surface area contributed by atoms with Crippen molar-refractivity contribution in [2.75, 3.05) is 37.9 Å². The van der Waals surface area contributed by atoms with Crippen molar-refractivity contribution >= 4 is 22.8 Å². The van der Waals surface area contributed by atoms with Gasteiger partial charge in [0, 0.05) is 31.3 Å². The number of hydrogen-bond donors (Lipinski definition) is 4. The lowest BCUT2D eigenvalue weighted by molar-refractivity contribution is 0.292. The number of ether oxygens (including phenoxy) is 2. The van der Waals surface area contributed by atoms with E-state index in [1.165, 1.54) is 0 Å². The molecule has 0 saturated carbocycles. The summed E-state index contributed by atoms with van der Waals surface area (Å²) in [4.78, 5) is 8.74. The molecule has 0 aliphatic heterocycles. The van der Waals surface area contributed by atoms with Gasteiger partial charge in [0.1, 0.15) is 28.3 Å². The summed E-state index contributed by atoms with van der Waals surface area (Å²) in [5.74, 6) is 2.99. The number of nitrogens with zero attached hydrogens (tertiary/aromatic N) is 4. The molecular weight excluding hydrogens is 458 g/mol. The number of aromatic nitrogens is 4. The third-order valence-electron chi connectivity index (χ3n) is 5.68. The largest absolute Gasteiger partial charge is 0.496 e. The third kappa shape index (κ3) is 6.21. The van der Waals surface area contributed by atoms with Gasteiger partial charge in [-0.15, -0.1) is 0 Å². The Labute approximate surface area is 210 Å². The Morgan fingerprint density at radius 2 is 1.86 bits per heavy atom. The molecule has 36 heavy (non-hydrogen) atoms. The number of hydrogen-bond acceptors (Lipinski definition) is 9. The van der Waals surface area contributed by atoms with Crippen LogP contribution in [0, 0.1) is 0 Å². The molecule has 0 fully saturated rings. The molecule has 4 aromatic rings. The van der Waals surface area contributed by atoms with Gasteiger partial charge in [-0.25, -0.2) is 4.98 Å². The monoisotopic (exact) mass is 491 g/mol. The maximum atomic E-state index is 8.88. The molecule has 10 heteroatoms. The van der Waals surface area contributed by atoms with Crippen LogP contribution in [0.1, 0.15) is 30.9 Å².